The van der Waals surface area contributed by atoms with Crippen molar-refractivity contribution in [3.05, 3.63) is 0 Å². The van der Waals surface area contributed by atoms with Gasteiger partial charge in [-0.15, -0.1) is 0 Å². The molecule has 96 valence electrons. The van der Waals surface area contributed by atoms with E-state index >= 15 is 0 Å². The van der Waals surface area contributed by atoms with Crippen molar-refractivity contribution >= 4 is 8.72 Å². The van der Waals surface area contributed by atoms with Crippen molar-refractivity contribution in [2.75, 3.05) is 33.9 Å². The Kier molecular flexibility index (Phi) is 5.40. The van der Waals surface area contributed by atoms with Crippen LogP contribution in [0.2, 0.25) is 6.04 Å². The van der Waals surface area contributed by atoms with Crippen LogP contribution in [0.25, 0.3) is 0 Å². The average Bonchev–Trinajstić information content (AvgIpc) is 2.74. The van der Waals surface area contributed by atoms with Crippen molar-refractivity contribution in [3.8, 4) is 0 Å². The van der Waals surface area contributed by atoms with E-state index in [2.05, 4.69) is 30.2 Å². The van der Waals surface area contributed by atoms with Gasteiger partial charge in [-0.2, -0.15) is 0 Å². The summed E-state index contributed by atoms with van der Waals surface area (Å²) < 4.78 is 13.9. The molecule has 0 radical (unpaired) electrons. The third-order valence-electron chi connectivity index (χ3n) is 3.76. The van der Waals surface area contributed by atoms with E-state index in [1.54, 1.807) is 14.2 Å². The van der Waals surface area contributed by atoms with Crippen molar-refractivity contribution in [1.82, 2.24) is 9.47 Å². The van der Waals surface area contributed by atoms with Gasteiger partial charge in [-0.3, -0.25) is 9.47 Å². The van der Waals surface area contributed by atoms with Crippen molar-refractivity contribution in [3.63, 3.8) is 0 Å². The maximum absolute atomic E-state index is 5.74. The normalized spacial score (nSPS) is 22.9. The van der Waals surface area contributed by atoms with Gasteiger partial charge in [0.15, 0.2) is 0 Å². The molecule has 1 atom stereocenters. The topological polar surface area (TPSA) is 24.9 Å². The van der Waals surface area contributed by atoms with Crippen molar-refractivity contribution in [2.24, 2.45) is 0 Å². The summed E-state index contributed by atoms with van der Waals surface area (Å²) in [5.41, 5.74) is 0. The predicted octanol–water partition coefficient (Wildman–Crippen LogP) is 1.61. The maximum atomic E-state index is 5.74. The molecule has 16 heavy (non-hydrogen) atoms. The lowest BCUT2D eigenvalue weighted by atomic mass is 10.4. The van der Waals surface area contributed by atoms with Crippen molar-refractivity contribution < 1.29 is 8.85 Å². The fraction of sp³-hybridized carbons (Fsp3) is 1.00. The van der Waals surface area contributed by atoms with E-state index in [4.69, 9.17) is 8.85 Å². The van der Waals surface area contributed by atoms with Crippen LogP contribution in [0.1, 0.15) is 27.2 Å². The van der Waals surface area contributed by atoms with Crippen molar-refractivity contribution in [1.29, 1.82) is 0 Å². The van der Waals surface area contributed by atoms with Crippen LogP contribution < -0.4 is 0 Å². The highest BCUT2D eigenvalue weighted by Crippen LogP contribution is 2.29. The second-order valence-corrected chi connectivity index (χ2v) is 7.59. The molecule has 1 aliphatic rings. The molecule has 0 aromatic heterocycles. The Morgan fingerprint density at radius 2 is 1.81 bits per heavy atom. The maximum Gasteiger partial charge on any atom is 0.428 e. The van der Waals surface area contributed by atoms with Gasteiger partial charge in [-0.05, 0) is 33.0 Å². The van der Waals surface area contributed by atoms with Crippen LogP contribution in [-0.4, -0.2) is 58.2 Å². The third kappa shape index (κ3) is 2.48. The minimum absolute atomic E-state index is 0.420. The Labute approximate surface area is 101 Å². The summed E-state index contributed by atoms with van der Waals surface area (Å²) in [6.45, 7) is 9.93. The number of hydrogen-bond donors (Lipinski definition) is 0. The quantitative estimate of drug-likeness (QED) is 0.665. The summed E-state index contributed by atoms with van der Waals surface area (Å²) >= 11 is 0. The minimum atomic E-state index is -2.08. The number of nitrogens with zero attached hydrogens (tertiary/aromatic N) is 2. The molecule has 1 rings (SSSR count). The van der Waals surface area contributed by atoms with Crippen LogP contribution in [0.5, 0.6) is 0 Å². The van der Waals surface area contributed by atoms with Gasteiger partial charge in [0, 0.05) is 20.3 Å². The van der Waals surface area contributed by atoms with Gasteiger partial charge in [-0.1, -0.05) is 13.8 Å². The summed E-state index contributed by atoms with van der Waals surface area (Å²) in [6, 6.07) is 1.09. The van der Waals surface area contributed by atoms with E-state index in [1.807, 2.05) is 0 Å². The van der Waals surface area contributed by atoms with E-state index in [0.717, 1.165) is 25.7 Å². The van der Waals surface area contributed by atoms with Crippen LogP contribution in [0.15, 0.2) is 0 Å². The van der Waals surface area contributed by atoms with E-state index in [9.17, 15) is 0 Å². The predicted molar refractivity (Wildman–Crippen MR) is 68.3 cm³/mol. The summed E-state index contributed by atoms with van der Waals surface area (Å²) in [7, 11) is 1.51. The van der Waals surface area contributed by atoms with E-state index in [1.165, 1.54) is 6.42 Å². The molecule has 5 heteroatoms. The van der Waals surface area contributed by atoms with Gasteiger partial charge in [-0.25, -0.2) is 0 Å². The Balaban J connectivity index is 2.77. The largest absolute Gasteiger partial charge is 0.428 e. The van der Waals surface area contributed by atoms with Gasteiger partial charge in [0.05, 0.1) is 6.17 Å². The molecule has 1 fully saturated rings. The molecule has 0 aromatic rings. The van der Waals surface area contributed by atoms with Gasteiger partial charge >= 0.3 is 8.72 Å². The second-order valence-electron chi connectivity index (χ2n) is 4.27. The first-order valence-electron chi connectivity index (χ1n) is 6.26. The lowest BCUT2D eigenvalue weighted by Gasteiger charge is -2.41. The first-order chi connectivity index (χ1) is 7.65. The molecule has 0 amide bonds. The molecule has 1 aliphatic heterocycles. The lowest BCUT2D eigenvalue weighted by molar-refractivity contribution is 0.0767. The van der Waals surface area contributed by atoms with Crippen LogP contribution in [0, 0.1) is 0 Å². The first-order valence-corrected chi connectivity index (χ1v) is 8.23. The monoisotopic (exact) mass is 246 g/mol. The zero-order chi connectivity index (χ0) is 12.2. The fourth-order valence-corrected chi connectivity index (χ4v) is 5.90. The molecule has 0 N–H and O–H groups in total. The van der Waals surface area contributed by atoms with Gasteiger partial charge in [0.1, 0.15) is 0 Å². The zero-order valence-corrected chi connectivity index (χ0v) is 12.3. The Bertz CT molecular complexity index is 208. The Hall–Kier alpha value is 0.0569. The van der Waals surface area contributed by atoms with E-state index in [-0.39, 0.29) is 0 Å². The first kappa shape index (κ1) is 14.1. The Morgan fingerprint density at radius 3 is 2.25 bits per heavy atom. The molecule has 4 nitrogen and oxygen atoms in total. The molecule has 0 aliphatic carbocycles. The van der Waals surface area contributed by atoms with Crippen LogP contribution >= 0.6 is 0 Å². The molecular formula is C11H26N2O2Si. The number of rotatable bonds is 6. The standard InChI is InChI=1S/C11H26N2O2Si/c1-6-12(7-2)11(3)13-9-8-10-16(13,14-4)15-5/h11H,6-10H2,1-5H3. The van der Waals surface area contributed by atoms with Gasteiger partial charge < -0.3 is 8.85 Å². The molecular weight excluding hydrogens is 220 g/mol. The third-order valence-corrected chi connectivity index (χ3v) is 7.49. The zero-order valence-electron chi connectivity index (χ0n) is 11.3. The van der Waals surface area contributed by atoms with E-state index < -0.39 is 8.72 Å². The summed E-state index contributed by atoms with van der Waals surface area (Å²) in [4.78, 5) is 2.45. The Morgan fingerprint density at radius 1 is 1.25 bits per heavy atom. The van der Waals surface area contributed by atoms with Crippen LogP contribution in [0.3, 0.4) is 0 Å². The fourth-order valence-electron chi connectivity index (χ4n) is 2.73. The van der Waals surface area contributed by atoms with Crippen LogP contribution in [0.4, 0.5) is 0 Å². The smallest absolute Gasteiger partial charge is 0.386 e. The SMILES string of the molecule is CCN(CC)C(C)N1CCC[Si]1(OC)OC. The lowest BCUT2D eigenvalue weighted by Crippen LogP contribution is -2.60. The molecule has 1 saturated heterocycles. The highest BCUT2D eigenvalue weighted by molar-refractivity contribution is 6.65. The molecule has 0 saturated carbocycles. The molecule has 1 heterocycles. The van der Waals surface area contributed by atoms with E-state index in [0.29, 0.717) is 6.17 Å². The summed E-state index contributed by atoms with van der Waals surface area (Å²) in [6.07, 6.45) is 1.61. The highest BCUT2D eigenvalue weighted by Gasteiger charge is 2.50. The molecule has 0 bridgehead atoms. The highest BCUT2D eigenvalue weighted by atomic mass is 28.4. The molecule has 0 aromatic carbocycles. The second kappa shape index (κ2) is 6.12. The number of hydrogen-bond acceptors (Lipinski definition) is 4. The molecule has 1 unspecified atom stereocenters. The molecule has 0 spiro atoms. The van der Waals surface area contributed by atoms with Crippen LogP contribution in [-0.2, 0) is 8.85 Å². The minimum Gasteiger partial charge on any atom is -0.386 e. The summed E-state index contributed by atoms with van der Waals surface area (Å²) in [5.74, 6) is 0. The van der Waals surface area contributed by atoms with Gasteiger partial charge in [0.25, 0.3) is 0 Å². The average molecular weight is 246 g/mol. The summed E-state index contributed by atoms with van der Waals surface area (Å²) in [5, 5.41) is 0. The van der Waals surface area contributed by atoms with Gasteiger partial charge in [0.2, 0.25) is 0 Å². The van der Waals surface area contributed by atoms with Crippen molar-refractivity contribution in [2.45, 2.75) is 39.4 Å².